The van der Waals surface area contributed by atoms with Gasteiger partial charge in [-0.2, -0.15) is 0 Å². The maximum Gasteiger partial charge on any atom is 0.271 e. The quantitative estimate of drug-likeness (QED) is 0.885. The Morgan fingerprint density at radius 3 is 2.44 bits per heavy atom. The van der Waals surface area contributed by atoms with Gasteiger partial charge in [-0.05, 0) is 38.5 Å². The molecule has 0 bridgehead atoms. The van der Waals surface area contributed by atoms with Gasteiger partial charge >= 0.3 is 0 Å². The number of hydrogen-bond acceptors (Lipinski definition) is 3. The van der Waals surface area contributed by atoms with Crippen LogP contribution in [0.1, 0.15) is 73.6 Å². The number of nitrogens with zero attached hydrogens (tertiary/aromatic N) is 3. The van der Waals surface area contributed by atoms with Crippen molar-refractivity contribution in [2.45, 2.75) is 57.4 Å². The third-order valence-electron chi connectivity index (χ3n) is 4.67. The molecule has 98 valence electrons. The minimum atomic E-state index is -0.441. The van der Waals surface area contributed by atoms with E-state index in [1.54, 1.807) is 0 Å². The molecule has 3 rings (SSSR count). The zero-order chi connectivity index (χ0) is 12.7. The molecule has 0 aromatic carbocycles. The first kappa shape index (κ1) is 11.7. The van der Waals surface area contributed by atoms with Gasteiger partial charge in [-0.1, -0.05) is 18.1 Å². The molecule has 2 saturated carbocycles. The zero-order valence-corrected chi connectivity index (χ0v) is 10.8. The molecule has 2 aliphatic rings. The summed E-state index contributed by atoms with van der Waals surface area (Å²) in [5, 5.41) is 8.23. The van der Waals surface area contributed by atoms with E-state index in [0.29, 0.717) is 23.6 Å². The molecule has 2 aliphatic carbocycles. The summed E-state index contributed by atoms with van der Waals surface area (Å²) in [7, 11) is 0. The largest absolute Gasteiger partial charge is 0.364 e. The first-order valence-electron chi connectivity index (χ1n) is 6.93. The molecule has 18 heavy (non-hydrogen) atoms. The molecule has 0 saturated heterocycles. The number of carbonyl (C=O) groups is 1. The number of amides is 1. The van der Waals surface area contributed by atoms with Crippen LogP contribution in [0.4, 0.5) is 0 Å². The van der Waals surface area contributed by atoms with Crippen molar-refractivity contribution >= 4 is 5.91 Å². The van der Waals surface area contributed by atoms with Gasteiger partial charge in [0, 0.05) is 5.92 Å². The number of rotatable bonds is 4. The predicted octanol–water partition coefficient (Wildman–Crippen LogP) is 2.01. The second-order valence-electron chi connectivity index (χ2n) is 5.69. The van der Waals surface area contributed by atoms with E-state index in [1.165, 1.54) is 25.7 Å². The Hall–Kier alpha value is -1.39. The fraction of sp³-hybridized carbons (Fsp3) is 0.769. The maximum atomic E-state index is 11.5. The van der Waals surface area contributed by atoms with Crippen molar-refractivity contribution in [2.75, 3.05) is 0 Å². The third-order valence-corrected chi connectivity index (χ3v) is 4.67. The van der Waals surface area contributed by atoms with Gasteiger partial charge < -0.3 is 5.73 Å². The van der Waals surface area contributed by atoms with Crippen molar-refractivity contribution in [3.63, 3.8) is 0 Å². The lowest BCUT2D eigenvalue weighted by Gasteiger charge is -2.34. The van der Waals surface area contributed by atoms with Crippen LogP contribution < -0.4 is 5.73 Å². The number of aromatic nitrogens is 3. The minimum Gasteiger partial charge on any atom is -0.364 e. The Morgan fingerprint density at radius 2 is 2.00 bits per heavy atom. The van der Waals surface area contributed by atoms with Gasteiger partial charge in [-0.25, -0.2) is 4.68 Å². The van der Waals surface area contributed by atoms with Gasteiger partial charge in [0.1, 0.15) is 0 Å². The molecule has 1 atom stereocenters. The van der Waals surface area contributed by atoms with Crippen LogP contribution >= 0.6 is 0 Å². The normalized spacial score (nSPS) is 22.3. The van der Waals surface area contributed by atoms with Gasteiger partial charge in [-0.3, -0.25) is 4.79 Å². The van der Waals surface area contributed by atoms with E-state index in [0.717, 1.165) is 18.5 Å². The van der Waals surface area contributed by atoms with Gasteiger partial charge in [-0.15, -0.1) is 5.10 Å². The first-order chi connectivity index (χ1) is 8.68. The van der Waals surface area contributed by atoms with Gasteiger partial charge in [0.05, 0.1) is 11.7 Å². The van der Waals surface area contributed by atoms with Gasteiger partial charge in [0.15, 0.2) is 5.69 Å². The summed E-state index contributed by atoms with van der Waals surface area (Å²) in [4.78, 5) is 11.5. The van der Waals surface area contributed by atoms with Crippen molar-refractivity contribution in [3.8, 4) is 0 Å². The Bertz CT molecular complexity index is 460. The van der Waals surface area contributed by atoms with Crippen molar-refractivity contribution in [2.24, 2.45) is 11.7 Å². The second kappa shape index (κ2) is 4.37. The summed E-state index contributed by atoms with van der Waals surface area (Å²) in [6.45, 7) is 2.19. The predicted molar refractivity (Wildman–Crippen MR) is 67.2 cm³/mol. The molecule has 5 heteroatoms. The lowest BCUT2D eigenvalue weighted by atomic mass is 9.78. The van der Waals surface area contributed by atoms with Crippen LogP contribution in [0.25, 0.3) is 0 Å². The highest BCUT2D eigenvalue weighted by Gasteiger charge is 2.34. The average molecular weight is 248 g/mol. The highest BCUT2D eigenvalue weighted by atomic mass is 16.1. The summed E-state index contributed by atoms with van der Waals surface area (Å²) in [6.07, 6.45) is 7.32. The van der Waals surface area contributed by atoms with Crippen LogP contribution in [0.15, 0.2) is 0 Å². The topological polar surface area (TPSA) is 73.8 Å². The Kier molecular flexibility index (Phi) is 2.84. The lowest BCUT2D eigenvalue weighted by Crippen LogP contribution is -2.28. The standard InChI is InChI=1S/C13H20N4O/c1-8(9-4-2-5-9)17-12(10-6-3-7-10)11(13(14)18)15-16-17/h8-10H,2-7H2,1H3,(H2,14,18). The number of carbonyl (C=O) groups excluding carboxylic acids is 1. The van der Waals surface area contributed by atoms with E-state index >= 15 is 0 Å². The van der Waals surface area contributed by atoms with Crippen LogP contribution in [-0.4, -0.2) is 20.9 Å². The molecule has 2 N–H and O–H groups in total. The Labute approximate surface area is 107 Å². The van der Waals surface area contributed by atoms with E-state index in [2.05, 4.69) is 17.2 Å². The Morgan fingerprint density at radius 1 is 1.33 bits per heavy atom. The molecule has 1 unspecified atom stereocenters. The molecule has 1 amide bonds. The number of nitrogens with two attached hydrogens (primary N) is 1. The molecular weight excluding hydrogens is 228 g/mol. The summed E-state index contributed by atoms with van der Waals surface area (Å²) < 4.78 is 1.98. The summed E-state index contributed by atoms with van der Waals surface area (Å²) in [6, 6.07) is 0.343. The van der Waals surface area contributed by atoms with Crippen LogP contribution in [0, 0.1) is 5.92 Å². The zero-order valence-electron chi connectivity index (χ0n) is 10.8. The van der Waals surface area contributed by atoms with Crippen LogP contribution in [0.3, 0.4) is 0 Å². The fourth-order valence-corrected chi connectivity index (χ4v) is 2.96. The molecular formula is C13H20N4O. The molecule has 2 fully saturated rings. The lowest BCUT2D eigenvalue weighted by molar-refractivity contribution is 0.0993. The monoisotopic (exact) mass is 248 g/mol. The second-order valence-corrected chi connectivity index (χ2v) is 5.69. The van der Waals surface area contributed by atoms with Crippen molar-refractivity contribution < 1.29 is 4.79 Å². The molecule has 0 spiro atoms. The molecule has 0 aliphatic heterocycles. The first-order valence-corrected chi connectivity index (χ1v) is 6.93. The van der Waals surface area contributed by atoms with E-state index in [4.69, 9.17) is 5.73 Å². The third kappa shape index (κ3) is 1.72. The van der Waals surface area contributed by atoms with Gasteiger partial charge in [0.25, 0.3) is 5.91 Å². The smallest absolute Gasteiger partial charge is 0.271 e. The summed E-state index contributed by atoms with van der Waals surface area (Å²) in [5.74, 6) is 0.681. The Balaban J connectivity index is 1.94. The van der Waals surface area contributed by atoms with E-state index in [9.17, 15) is 4.79 Å². The molecule has 1 aromatic rings. The van der Waals surface area contributed by atoms with Crippen molar-refractivity contribution in [1.29, 1.82) is 0 Å². The number of primary amides is 1. The fourth-order valence-electron chi connectivity index (χ4n) is 2.96. The molecule has 0 radical (unpaired) electrons. The van der Waals surface area contributed by atoms with Gasteiger partial charge in [0.2, 0.25) is 0 Å². The van der Waals surface area contributed by atoms with Crippen LogP contribution in [0.2, 0.25) is 0 Å². The summed E-state index contributed by atoms with van der Waals surface area (Å²) in [5.41, 5.74) is 6.80. The highest BCUT2D eigenvalue weighted by Crippen LogP contribution is 2.41. The molecule has 1 heterocycles. The maximum absolute atomic E-state index is 11.5. The van der Waals surface area contributed by atoms with E-state index in [1.807, 2.05) is 4.68 Å². The summed E-state index contributed by atoms with van der Waals surface area (Å²) >= 11 is 0. The van der Waals surface area contributed by atoms with Crippen LogP contribution in [0.5, 0.6) is 0 Å². The molecule has 1 aromatic heterocycles. The number of hydrogen-bond donors (Lipinski definition) is 1. The van der Waals surface area contributed by atoms with Crippen molar-refractivity contribution in [1.82, 2.24) is 15.0 Å². The molecule has 5 nitrogen and oxygen atoms in total. The van der Waals surface area contributed by atoms with E-state index in [-0.39, 0.29) is 0 Å². The average Bonchev–Trinajstić information content (AvgIpc) is 2.56. The minimum absolute atomic E-state index is 0.343. The van der Waals surface area contributed by atoms with Crippen LogP contribution in [-0.2, 0) is 0 Å². The highest BCUT2D eigenvalue weighted by molar-refractivity contribution is 5.92. The SMILES string of the molecule is CC(C1CCC1)n1nnc(C(N)=O)c1C1CCC1. The van der Waals surface area contributed by atoms with E-state index < -0.39 is 5.91 Å². The van der Waals surface area contributed by atoms with Crippen molar-refractivity contribution in [3.05, 3.63) is 11.4 Å².